The van der Waals surface area contributed by atoms with E-state index < -0.39 is 6.03 Å². The van der Waals surface area contributed by atoms with Gasteiger partial charge in [0.2, 0.25) is 5.78 Å². The van der Waals surface area contributed by atoms with Gasteiger partial charge in [0.25, 0.3) is 0 Å². The van der Waals surface area contributed by atoms with Crippen LogP contribution < -0.4 is 20.3 Å². The lowest BCUT2D eigenvalue weighted by atomic mass is 10.1. The van der Waals surface area contributed by atoms with Crippen LogP contribution in [-0.2, 0) is 11.8 Å². The number of nitrogens with zero attached hydrogens (tertiary/aromatic N) is 4. The van der Waals surface area contributed by atoms with Gasteiger partial charge in [0.15, 0.2) is 5.76 Å². The Balaban J connectivity index is 1.27. The number of allylic oxidation sites excluding steroid dienone is 1. The van der Waals surface area contributed by atoms with Crippen molar-refractivity contribution in [1.82, 2.24) is 14.5 Å². The minimum Gasteiger partial charge on any atom is -0.452 e. The van der Waals surface area contributed by atoms with Gasteiger partial charge < -0.3 is 29.6 Å². The van der Waals surface area contributed by atoms with Gasteiger partial charge >= 0.3 is 6.03 Å². The zero-order valence-corrected chi connectivity index (χ0v) is 20.1. The fourth-order valence-electron chi connectivity index (χ4n) is 4.63. The maximum atomic E-state index is 13.3. The van der Waals surface area contributed by atoms with Crippen molar-refractivity contribution in [3.8, 4) is 5.75 Å². The molecule has 5 heterocycles. The fraction of sp³-hybridized carbons (Fsp3) is 0.185. The number of benzene rings is 1. The largest absolute Gasteiger partial charge is 0.452 e. The maximum absolute atomic E-state index is 13.3. The first-order valence-electron chi connectivity index (χ1n) is 11.9. The first-order chi connectivity index (χ1) is 18.1. The second kappa shape index (κ2) is 9.40. The number of Topliss-reactive ketones (excluding diaryl/α,β-unsaturated/α-hetero) is 1. The smallest absolute Gasteiger partial charge is 0.323 e. The quantitative estimate of drug-likeness (QED) is 0.410. The van der Waals surface area contributed by atoms with Crippen LogP contribution in [0.4, 0.5) is 21.9 Å². The number of amides is 2. The summed E-state index contributed by atoms with van der Waals surface area (Å²) in [6, 6.07) is 10.0. The van der Waals surface area contributed by atoms with Gasteiger partial charge in [-0.15, -0.1) is 0 Å². The molecule has 2 N–H and O–H groups in total. The first kappa shape index (κ1) is 22.7. The first-order valence-corrected chi connectivity index (χ1v) is 11.9. The van der Waals surface area contributed by atoms with E-state index in [0.29, 0.717) is 35.9 Å². The number of morpholine rings is 1. The van der Waals surface area contributed by atoms with Crippen molar-refractivity contribution in [1.29, 1.82) is 0 Å². The Morgan fingerprint density at radius 1 is 1.08 bits per heavy atom. The van der Waals surface area contributed by atoms with Crippen LogP contribution >= 0.6 is 0 Å². The number of ether oxygens (including phenoxy) is 2. The van der Waals surface area contributed by atoms with Crippen molar-refractivity contribution >= 4 is 46.0 Å². The predicted molar refractivity (Wildman–Crippen MR) is 140 cm³/mol. The zero-order valence-electron chi connectivity index (χ0n) is 20.1. The van der Waals surface area contributed by atoms with Crippen molar-refractivity contribution < 1.29 is 19.1 Å². The molecule has 0 spiro atoms. The number of carbonyl (C=O) groups excluding carboxylic acids is 2. The molecule has 6 rings (SSSR count). The molecule has 1 fully saturated rings. The molecule has 1 aromatic carbocycles. The summed E-state index contributed by atoms with van der Waals surface area (Å²) in [5.41, 5.74) is 4.14. The molecule has 10 nitrogen and oxygen atoms in total. The summed E-state index contributed by atoms with van der Waals surface area (Å²) in [6.45, 7) is 2.91. The Hall–Kier alpha value is -4.70. The minimum absolute atomic E-state index is 0.219. The average Bonchev–Trinajstić information content (AvgIpc) is 3.41. The van der Waals surface area contributed by atoms with Gasteiger partial charge in [-0.05, 0) is 42.5 Å². The highest BCUT2D eigenvalue weighted by atomic mass is 16.5. The molecule has 0 atom stereocenters. The van der Waals surface area contributed by atoms with Crippen molar-refractivity contribution in [2.45, 2.75) is 0 Å². The van der Waals surface area contributed by atoms with Crippen LogP contribution in [0.25, 0.3) is 17.1 Å². The monoisotopic (exact) mass is 496 g/mol. The predicted octanol–water partition coefficient (Wildman–Crippen LogP) is 4.07. The second-order valence-electron chi connectivity index (χ2n) is 8.79. The molecule has 186 valence electrons. The average molecular weight is 497 g/mol. The molecule has 0 saturated carbocycles. The van der Waals surface area contributed by atoms with Crippen LogP contribution in [0.3, 0.4) is 0 Å². The standard InChI is InChI=1S/C27H24N6O4/c1-32-16-17(24-21(6-8-29-26(24)32)33-9-11-36-12-10-33)13-23-25(34)20-14-18(4-5-22(20)37-23)30-27(35)31-19-3-2-7-28-15-19/h2-8,13-16H,9-12H2,1H3,(H2,30,31,35)/b23-13-. The highest BCUT2D eigenvalue weighted by Gasteiger charge is 2.29. The van der Waals surface area contributed by atoms with Crippen LogP contribution in [0.5, 0.6) is 5.75 Å². The Bertz CT molecular complexity index is 1540. The van der Waals surface area contributed by atoms with E-state index >= 15 is 0 Å². The number of rotatable bonds is 4. The number of aromatic nitrogens is 3. The van der Waals surface area contributed by atoms with Gasteiger partial charge in [0.05, 0.1) is 36.3 Å². The molecule has 10 heteroatoms. The number of nitrogens with one attached hydrogen (secondary N) is 2. The van der Waals surface area contributed by atoms with E-state index in [-0.39, 0.29) is 11.5 Å². The fourth-order valence-corrected chi connectivity index (χ4v) is 4.63. The number of ketones is 1. The van der Waals surface area contributed by atoms with Gasteiger partial charge in [-0.25, -0.2) is 9.78 Å². The molecule has 0 unspecified atom stereocenters. The summed E-state index contributed by atoms with van der Waals surface area (Å²) in [4.78, 5) is 36.4. The van der Waals surface area contributed by atoms with Gasteiger partial charge in [0, 0.05) is 55.4 Å². The number of aryl methyl sites for hydroxylation is 1. The van der Waals surface area contributed by atoms with Gasteiger partial charge in [0.1, 0.15) is 11.4 Å². The third-order valence-electron chi connectivity index (χ3n) is 6.35. The highest BCUT2D eigenvalue weighted by Crippen LogP contribution is 2.36. The van der Waals surface area contributed by atoms with Crippen LogP contribution in [0.2, 0.25) is 0 Å². The maximum Gasteiger partial charge on any atom is 0.323 e. The van der Waals surface area contributed by atoms with E-state index in [9.17, 15) is 9.59 Å². The summed E-state index contributed by atoms with van der Waals surface area (Å²) >= 11 is 0. The number of urea groups is 1. The Kier molecular flexibility index (Phi) is 5.78. The molecule has 2 amide bonds. The van der Waals surface area contributed by atoms with E-state index in [1.165, 1.54) is 0 Å². The van der Waals surface area contributed by atoms with Crippen molar-refractivity contribution in [2.75, 3.05) is 41.8 Å². The summed E-state index contributed by atoms with van der Waals surface area (Å²) in [6.07, 6.45) is 8.68. The molecule has 2 aliphatic rings. The second-order valence-corrected chi connectivity index (χ2v) is 8.79. The van der Waals surface area contributed by atoms with Crippen molar-refractivity contribution in [3.63, 3.8) is 0 Å². The molecule has 37 heavy (non-hydrogen) atoms. The van der Waals surface area contributed by atoms with E-state index in [0.717, 1.165) is 35.4 Å². The summed E-state index contributed by atoms with van der Waals surface area (Å²) in [5, 5.41) is 6.41. The number of hydrogen-bond acceptors (Lipinski definition) is 7. The molecule has 0 radical (unpaired) electrons. The number of fused-ring (bicyclic) bond motifs is 2. The topological polar surface area (TPSA) is 111 Å². The summed E-state index contributed by atoms with van der Waals surface area (Å²) in [7, 11) is 1.93. The van der Waals surface area contributed by atoms with Gasteiger partial charge in [-0.3, -0.25) is 9.78 Å². The lowest BCUT2D eigenvalue weighted by molar-refractivity contribution is 0.101. The molecule has 1 saturated heterocycles. The molecule has 4 aromatic rings. The molecule has 3 aromatic heterocycles. The lowest BCUT2D eigenvalue weighted by Crippen LogP contribution is -2.36. The molecular formula is C27H24N6O4. The van der Waals surface area contributed by atoms with Crippen LogP contribution in [-0.4, -0.2) is 52.7 Å². The van der Waals surface area contributed by atoms with Crippen LogP contribution in [0.1, 0.15) is 15.9 Å². The van der Waals surface area contributed by atoms with E-state index in [4.69, 9.17) is 9.47 Å². The van der Waals surface area contributed by atoms with E-state index in [1.807, 2.05) is 23.9 Å². The minimum atomic E-state index is -0.436. The Morgan fingerprint density at radius 2 is 1.92 bits per heavy atom. The SMILES string of the molecule is Cn1cc(/C=C2\Oc3ccc(NC(=O)Nc4cccnc4)cc3C2=O)c2c(N3CCOCC3)ccnc21. The molecule has 0 bridgehead atoms. The van der Waals surface area contributed by atoms with E-state index in [2.05, 4.69) is 25.5 Å². The third-order valence-corrected chi connectivity index (χ3v) is 6.35. The van der Waals surface area contributed by atoms with Crippen molar-refractivity contribution in [3.05, 3.63) is 78.1 Å². The normalized spacial score (nSPS) is 16.1. The molecule has 2 aliphatic heterocycles. The van der Waals surface area contributed by atoms with E-state index in [1.54, 1.807) is 55.0 Å². The summed E-state index contributed by atoms with van der Waals surface area (Å²) < 4.78 is 13.4. The number of hydrogen-bond donors (Lipinski definition) is 2. The van der Waals surface area contributed by atoms with Crippen LogP contribution in [0, 0.1) is 0 Å². The third kappa shape index (κ3) is 4.38. The van der Waals surface area contributed by atoms with Gasteiger partial charge in [-0.2, -0.15) is 0 Å². The number of pyridine rings is 2. The Labute approximate surface area is 212 Å². The molecule has 0 aliphatic carbocycles. The van der Waals surface area contributed by atoms with Crippen LogP contribution in [0.15, 0.2) is 66.9 Å². The Morgan fingerprint density at radius 3 is 2.73 bits per heavy atom. The highest BCUT2D eigenvalue weighted by molar-refractivity contribution is 6.16. The van der Waals surface area contributed by atoms with Crippen molar-refractivity contribution in [2.24, 2.45) is 7.05 Å². The number of anilines is 3. The zero-order chi connectivity index (χ0) is 25.4. The molecular weight excluding hydrogens is 472 g/mol. The summed E-state index contributed by atoms with van der Waals surface area (Å²) in [5.74, 6) is 0.414. The van der Waals surface area contributed by atoms with Gasteiger partial charge in [-0.1, -0.05) is 0 Å². The lowest BCUT2D eigenvalue weighted by Gasteiger charge is -2.29. The number of carbonyl (C=O) groups is 2.